The first-order valence-corrected chi connectivity index (χ1v) is 11.8. The number of aromatic nitrogens is 2. The van der Waals surface area contributed by atoms with Gasteiger partial charge in [0, 0.05) is 44.4 Å². The van der Waals surface area contributed by atoms with Gasteiger partial charge in [0.2, 0.25) is 0 Å². The van der Waals surface area contributed by atoms with Crippen LogP contribution in [0.4, 0.5) is 5.69 Å². The molecule has 1 aromatic heterocycles. The first-order chi connectivity index (χ1) is 17.0. The van der Waals surface area contributed by atoms with Gasteiger partial charge in [-0.2, -0.15) is 0 Å². The number of carbonyl (C=O) groups is 1. The Morgan fingerprint density at radius 3 is 2.40 bits per heavy atom. The third-order valence-corrected chi connectivity index (χ3v) is 6.65. The number of benzene rings is 3. The summed E-state index contributed by atoms with van der Waals surface area (Å²) in [6, 6.07) is 22.7. The fourth-order valence-electron chi connectivity index (χ4n) is 4.47. The Balaban J connectivity index is 1.29. The van der Waals surface area contributed by atoms with Crippen molar-refractivity contribution in [3.63, 3.8) is 0 Å². The highest BCUT2D eigenvalue weighted by molar-refractivity contribution is 6.32. The molecule has 1 amide bonds. The highest BCUT2D eigenvalue weighted by atomic mass is 35.5. The van der Waals surface area contributed by atoms with Crippen LogP contribution in [0.3, 0.4) is 0 Å². The van der Waals surface area contributed by atoms with E-state index in [2.05, 4.69) is 27.7 Å². The maximum atomic E-state index is 13.0. The maximum Gasteiger partial charge on any atom is 0.288 e. The summed E-state index contributed by atoms with van der Waals surface area (Å²) in [7, 11) is 0. The van der Waals surface area contributed by atoms with Gasteiger partial charge in [0.1, 0.15) is 10.8 Å². The van der Waals surface area contributed by atoms with E-state index >= 15 is 0 Å². The standard InChI is InChI=1S/C26H24ClN5O3/c27-21-11-10-20(16-24(21)32(34)35)26(33)30-14-12-29(13-15-30)18-25-28-22-8-4-5-9-23(22)31(25)17-19-6-2-1-3-7-19/h1-11,16H,12-15,17-18H2. The fraction of sp³-hybridized carbons (Fsp3) is 0.231. The second-order valence-corrected chi connectivity index (χ2v) is 8.99. The molecule has 0 atom stereocenters. The highest BCUT2D eigenvalue weighted by Crippen LogP contribution is 2.26. The lowest BCUT2D eigenvalue weighted by Crippen LogP contribution is -2.48. The molecule has 0 N–H and O–H groups in total. The van der Waals surface area contributed by atoms with Crippen LogP contribution in [0, 0.1) is 10.1 Å². The first kappa shape index (κ1) is 23.0. The van der Waals surface area contributed by atoms with E-state index in [-0.39, 0.29) is 22.2 Å². The number of hydrogen-bond acceptors (Lipinski definition) is 5. The summed E-state index contributed by atoms with van der Waals surface area (Å²) < 4.78 is 2.26. The van der Waals surface area contributed by atoms with Crippen molar-refractivity contribution in [2.24, 2.45) is 0 Å². The van der Waals surface area contributed by atoms with Crippen molar-refractivity contribution >= 4 is 34.2 Å². The largest absolute Gasteiger partial charge is 0.336 e. The predicted octanol–water partition coefficient (Wildman–Crippen LogP) is 4.60. The number of fused-ring (bicyclic) bond motifs is 1. The van der Waals surface area contributed by atoms with Crippen LogP contribution in [0.1, 0.15) is 21.7 Å². The molecular formula is C26H24ClN5O3. The molecule has 3 aromatic carbocycles. The van der Waals surface area contributed by atoms with Gasteiger partial charge in [0.25, 0.3) is 11.6 Å². The van der Waals surface area contributed by atoms with Gasteiger partial charge >= 0.3 is 0 Å². The van der Waals surface area contributed by atoms with Gasteiger partial charge in [0.05, 0.1) is 22.5 Å². The molecule has 0 radical (unpaired) electrons. The SMILES string of the molecule is O=C(c1ccc(Cl)c([N+](=O)[O-])c1)N1CCN(Cc2nc3ccccc3n2Cc2ccccc2)CC1. The number of nitrogens with zero attached hydrogens (tertiary/aromatic N) is 5. The molecule has 1 aliphatic rings. The molecule has 1 fully saturated rings. The minimum atomic E-state index is -0.571. The van der Waals surface area contributed by atoms with E-state index in [1.165, 1.54) is 23.8 Å². The molecule has 5 rings (SSSR count). The molecule has 0 spiro atoms. The van der Waals surface area contributed by atoms with E-state index in [9.17, 15) is 14.9 Å². The molecule has 1 aliphatic heterocycles. The molecule has 2 heterocycles. The van der Waals surface area contributed by atoms with Crippen LogP contribution >= 0.6 is 11.6 Å². The third-order valence-electron chi connectivity index (χ3n) is 6.33. The van der Waals surface area contributed by atoms with Gasteiger partial charge in [-0.15, -0.1) is 0 Å². The Kier molecular flexibility index (Phi) is 6.48. The van der Waals surface area contributed by atoms with Crippen molar-refractivity contribution in [2.75, 3.05) is 26.2 Å². The lowest BCUT2D eigenvalue weighted by Gasteiger charge is -2.34. The third kappa shape index (κ3) is 4.89. The number of hydrogen-bond donors (Lipinski definition) is 0. The zero-order chi connectivity index (χ0) is 24.4. The molecule has 8 nitrogen and oxygen atoms in total. The average molecular weight is 490 g/mol. The Bertz CT molecular complexity index is 1380. The van der Waals surface area contributed by atoms with Gasteiger partial charge in [-0.3, -0.25) is 19.8 Å². The Hall–Kier alpha value is -3.75. The molecule has 35 heavy (non-hydrogen) atoms. The number of rotatable bonds is 6. The lowest BCUT2D eigenvalue weighted by molar-refractivity contribution is -0.384. The van der Waals surface area contributed by atoms with Gasteiger partial charge in [-0.25, -0.2) is 4.98 Å². The second kappa shape index (κ2) is 9.85. The van der Waals surface area contributed by atoms with E-state index in [1.54, 1.807) is 4.90 Å². The monoisotopic (exact) mass is 489 g/mol. The molecule has 9 heteroatoms. The van der Waals surface area contributed by atoms with E-state index in [4.69, 9.17) is 16.6 Å². The smallest absolute Gasteiger partial charge is 0.288 e. The zero-order valence-electron chi connectivity index (χ0n) is 19.0. The minimum Gasteiger partial charge on any atom is -0.336 e. The van der Waals surface area contributed by atoms with Crippen LogP contribution in [-0.4, -0.2) is 56.4 Å². The van der Waals surface area contributed by atoms with E-state index in [0.717, 1.165) is 23.4 Å². The number of halogens is 1. The Labute approximate surface area is 207 Å². The molecule has 0 saturated carbocycles. The average Bonchev–Trinajstić information content (AvgIpc) is 3.21. The van der Waals surface area contributed by atoms with E-state index in [0.29, 0.717) is 32.7 Å². The first-order valence-electron chi connectivity index (χ1n) is 11.4. The molecule has 178 valence electrons. The van der Waals surface area contributed by atoms with Crippen LogP contribution < -0.4 is 0 Å². The number of para-hydroxylation sites is 2. The van der Waals surface area contributed by atoms with Crippen molar-refractivity contribution < 1.29 is 9.72 Å². The number of piperazine rings is 1. The fourth-order valence-corrected chi connectivity index (χ4v) is 4.65. The molecule has 0 unspecified atom stereocenters. The minimum absolute atomic E-state index is 0.0229. The van der Waals surface area contributed by atoms with Crippen molar-refractivity contribution in [1.82, 2.24) is 19.4 Å². The number of carbonyl (C=O) groups excluding carboxylic acids is 1. The number of nitro benzene ring substituents is 1. The van der Waals surface area contributed by atoms with Gasteiger partial charge < -0.3 is 9.47 Å². The quantitative estimate of drug-likeness (QED) is 0.292. The van der Waals surface area contributed by atoms with Crippen molar-refractivity contribution in [2.45, 2.75) is 13.1 Å². The van der Waals surface area contributed by atoms with Crippen LogP contribution in [0.2, 0.25) is 5.02 Å². The normalized spacial score (nSPS) is 14.4. The number of amides is 1. The van der Waals surface area contributed by atoms with Gasteiger partial charge in [0.15, 0.2) is 0 Å². The topological polar surface area (TPSA) is 84.5 Å². The summed E-state index contributed by atoms with van der Waals surface area (Å²) in [6.45, 7) is 3.87. The summed E-state index contributed by atoms with van der Waals surface area (Å²) in [5.41, 5.74) is 3.30. The molecule has 0 aliphatic carbocycles. The maximum absolute atomic E-state index is 13.0. The second-order valence-electron chi connectivity index (χ2n) is 8.58. The Morgan fingerprint density at radius 2 is 1.66 bits per heavy atom. The molecular weight excluding hydrogens is 466 g/mol. The zero-order valence-corrected chi connectivity index (χ0v) is 19.8. The predicted molar refractivity (Wildman–Crippen MR) is 135 cm³/mol. The van der Waals surface area contributed by atoms with Crippen LogP contribution in [0.5, 0.6) is 0 Å². The van der Waals surface area contributed by atoms with Crippen molar-refractivity contribution in [1.29, 1.82) is 0 Å². The molecule has 4 aromatic rings. The van der Waals surface area contributed by atoms with Crippen LogP contribution in [-0.2, 0) is 13.1 Å². The Morgan fingerprint density at radius 1 is 0.943 bits per heavy atom. The van der Waals surface area contributed by atoms with Gasteiger partial charge in [-0.1, -0.05) is 54.1 Å². The van der Waals surface area contributed by atoms with Gasteiger partial charge in [-0.05, 0) is 29.8 Å². The highest BCUT2D eigenvalue weighted by Gasteiger charge is 2.25. The number of imidazole rings is 1. The van der Waals surface area contributed by atoms with Crippen LogP contribution in [0.25, 0.3) is 11.0 Å². The molecule has 1 saturated heterocycles. The lowest BCUT2D eigenvalue weighted by atomic mass is 10.1. The summed E-state index contributed by atoms with van der Waals surface area (Å²) in [4.78, 5) is 32.5. The summed E-state index contributed by atoms with van der Waals surface area (Å²) in [6.07, 6.45) is 0. The number of nitro groups is 1. The van der Waals surface area contributed by atoms with Crippen LogP contribution in [0.15, 0.2) is 72.8 Å². The van der Waals surface area contributed by atoms with E-state index < -0.39 is 4.92 Å². The van der Waals surface area contributed by atoms with E-state index in [1.807, 2.05) is 36.4 Å². The van der Waals surface area contributed by atoms with Crippen molar-refractivity contribution in [3.05, 3.63) is 105 Å². The summed E-state index contributed by atoms with van der Waals surface area (Å²) in [5, 5.41) is 11.2. The summed E-state index contributed by atoms with van der Waals surface area (Å²) in [5.74, 6) is 0.767. The summed E-state index contributed by atoms with van der Waals surface area (Å²) >= 11 is 5.89. The van der Waals surface area contributed by atoms with Crippen molar-refractivity contribution in [3.8, 4) is 0 Å². The molecule has 0 bridgehead atoms.